The third-order valence-electron chi connectivity index (χ3n) is 4.16. The van der Waals surface area contributed by atoms with Crippen molar-refractivity contribution in [3.05, 3.63) is 23.9 Å². The van der Waals surface area contributed by atoms with Gasteiger partial charge in [0.2, 0.25) is 0 Å². The van der Waals surface area contributed by atoms with Crippen molar-refractivity contribution in [2.45, 2.75) is 25.3 Å². The first-order valence-electron chi connectivity index (χ1n) is 7.98. The summed E-state index contributed by atoms with van der Waals surface area (Å²) >= 11 is 0. The minimum absolute atomic E-state index is 0.0394. The zero-order chi connectivity index (χ0) is 18.9. The monoisotopic (exact) mass is 365 g/mol. The molecule has 2 aromatic rings. The van der Waals surface area contributed by atoms with Crippen LogP contribution in [0.4, 0.5) is 19.3 Å². The molecule has 10 heteroatoms. The lowest BCUT2D eigenvalue weighted by Crippen LogP contribution is -2.47. The summed E-state index contributed by atoms with van der Waals surface area (Å²) in [4.78, 5) is 35.6. The molecule has 0 unspecified atom stereocenters. The standard InChI is InChI=1S/C16H17F2N5O3/c17-16(18)4-1-5-22(9-16)15(26)20-10-2-3-12-11(8-10)13(14(19)25)21-23(12)6-7-24/h2-3,7-8H,1,4-6,9H2,(H2,19,25)(H,20,26). The van der Waals surface area contributed by atoms with E-state index in [9.17, 15) is 23.2 Å². The molecule has 26 heavy (non-hydrogen) atoms. The number of alkyl halides is 2. The first-order valence-corrected chi connectivity index (χ1v) is 7.98. The van der Waals surface area contributed by atoms with Gasteiger partial charge in [-0.1, -0.05) is 0 Å². The number of carbonyl (C=O) groups is 3. The van der Waals surface area contributed by atoms with Crippen LogP contribution in [0.5, 0.6) is 0 Å². The second kappa shape index (κ2) is 6.70. The van der Waals surface area contributed by atoms with Crippen LogP contribution in [-0.4, -0.2) is 51.9 Å². The number of anilines is 1. The SMILES string of the molecule is NC(=O)c1nn(CC=O)c2ccc(NC(=O)N3CCCC(F)(F)C3)cc12. The zero-order valence-electron chi connectivity index (χ0n) is 13.7. The number of urea groups is 1. The molecule has 3 rings (SSSR count). The average Bonchev–Trinajstić information content (AvgIpc) is 2.92. The Morgan fingerprint density at radius 1 is 1.38 bits per heavy atom. The topological polar surface area (TPSA) is 110 Å². The molecule has 3 N–H and O–H groups in total. The normalized spacial score (nSPS) is 16.5. The van der Waals surface area contributed by atoms with Crippen molar-refractivity contribution in [1.82, 2.24) is 14.7 Å². The van der Waals surface area contributed by atoms with Crippen LogP contribution < -0.4 is 11.1 Å². The van der Waals surface area contributed by atoms with Gasteiger partial charge >= 0.3 is 6.03 Å². The van der Waals surface area contributed by atoms with Crippen LogP contribution in [-0.2, 0) is 11.3 Å². The fourth-order valence-corrected chi connectivity index (χ4v) is 2.99. The Hall–Kier alpha value is -3.04. The van der Waals surface area contributed by atoms with Gasteiger partial charge in [-0.05, 0) is 24.6 Å². The maximum Gasteiger partial charge on any atom is 0.322 e. The highest BCUT2D eigenvalue weighted by Crippen LogP contribution is 2.27. The van der Waals surface area contributed by atoms with Crippen LogP contribution in [0, 0.1) is 0 Å². The molecule has 138 valence electrons. The highest BCUT2D eigenvalue weighted by molar-refractivity contribution is 6.05. The predicted octanol–water partition coefficient (Wildman–Crippen LogP) is 1.60. The van der Waals surface area contributed by atoms with Crippen LogP contribution in [0.3, 0.4) is 0 Å². The van der Waals surface area contributed by atoms with E-state index in [0.29, 0.717) is 22.9 Å². The fourth-order valence-electron chi connectivity index (χ4n) is 2.99. The molecule has 1 saturated heterocycles. The molecular formula is C16H17F2N5O3. The number of likely N-dealkylation sites (tertiary alicyclic amines) is 1. The number of carbonyl (C=O) groups excluding carboxylic acids is 3. The number of hydrogen-bond donors (Lipinski definition) is 2. The number of primary amides is 1. The summed E-state index contributed by atoms with van der Waals surface area (Å²) in [5.74, 6) is -3.67. The fraction of sp³-hybridized carbons (Fsp3) is 0.375. The van der Waals surface area contributed by atoms with E-state index in [4.69, 9.17) is 5.73 Å². The molecule has 1 fully saturated rings. The number of nitrogens with one attached hydrogen (secondary N) is 1. The molecule has 8 nitrogen and oxygen atoms in total. The second-order valence-corrected chi connectivity index (χ2v) is 6.10. The number of aromatic nitrogens is 2. The number of aldehydes is 1. The summed E-state index contributed by atoms with van der Waals surface area (Å²) in [7, 11) is 0. The van der Waals surface area contributed by atoms with Crippen molar-refractivity contribution in [2.75, 3.05) is 18.4 Å². The summed E-state index contributed by atoms with van der Waals surface area (Å²) in [6.07, 6.45) is 0.619. The number of benzene rings is 1. The summed E-state index contributed by atoms with van der Waals surface area (Å²) < 4.78 is 28.3. The number of rotatable bonds is 4. The van der Waals surface area contributed by atoms with Gasteiger partial charge in [0.15, 0.2) is 5.69 Å². The van der Waals surface area contributed by atoms with Gasteiger partial charge in [-0.15, -0.1) is 0 Å². The van der Waals surface area contributed by atoms with Crippen molar-refractivity contribution >= 4 is 34.8 Å². The van der Waals surface area contributed by atoms with Crippen LogP contribution in [0.25, 0.3) is 10.9 Å². The van der Waals surface area contributed by atoms with Crippen molar-refractivity contribution in [1.29, 1.82) is 0 Å². The molecule has 0 radical (unpaired) electrons. The molecule has 2 heterocycles. The van der Waals surface area contributed by atoms with Crippen molar-refractivity contribution in [2.24, 2.45) is 5.73 Å². The van der Waals surface area contributed by atoms with E-state index in [1.165, 1.54) is 16.8 Å². The molecule has 1 aromatic carbocycles. The van der Waals surface area contributed by atoms with Gasteiger partial charge in [0.1, 0.15) is 6.29 Å². The quantitative estimate of drug-likeness (QED) is 0.802. The molecule has 0 saturated carbocycles. The third kappa shape index (κ3) is 3.48. The van der Waals surface area contributed by atoms with E-state index in [0.717, 1.165) is 4.90 Å². The number of nitrogens with two attached hydrogens (primary N) is 1. The highest BCUT2D eigenvalue weighted by Gasteiger charge is 2.37. The van der Waals surface area contributed by atoms with Crippen molar-refractivity contribution in [3.63, 3.8) is 0 Å². The van der Waals surface area contributed by atoms with Gasteiger partial charge in [0.05, 0.1) is 18.6 Å². The summed E-state index contributed by atoms with van der Waals surface area (Å²) in [5.41, 5.74) is 6.07. The van der Waals surface area contributed by atoms with Gasteiger partial charge in [0, 0.05) is 24.0 Å². The third-order valence-corrected chi connectivity index (χ3v) is 4.16. The lowest BCUT2D eigenvalue weighted by molar-refractivity contribution is -0.108. The Morgan fingerprint density at radius 2 is 2.15 bits per heavy atom. The molecule has 1 aliphatic rings. The molecule has 0 aliphatic carbocycles. The summed E-state index contributed by atoms with van der Waals surface area (Å²) in [6.45, 7) is -0.448. The number of piperidine rings is 1. The molecule has 3 amide bonds. The Morgan fingerprint density at radius 3 is 2.81 bits per heavy atom. The maximum atomic E-state index is 13.5. The number of amides is 3. The Bertz CT molecular complexity index is 880. The summed E-state index contributed by atoms with van der Waals surface area (Å²) in [5, 5.41) is 6.90. The zero-order valence-corrected chi connectivity index (χ0v) is 13.7. The lowest BCUT2D eigenvalue weighted by atomic mass is 10.1. The van der Waals surface area contributed by atoms with Crippen LogP contribution in [0.15, 0.2) is 18.2 Å². The largest absolute Gasteiger partial charge is 0.364 e. The number of halogens is 2. The van der Waals surface area contributed by atoms with E-state index in [-0.39, 0.29) is 31.6 Å². The minimum Gasteiger partial charge on any atom is -0.364 e. The van der Waals surface area contributed by atoms with E-state index in [2.05, 4.69) is 10.4 Å². The van der Waals surface area contributed by atoms with Crippen molar-refractivity contribution < 1.29 is 23.2 Å². The Labute approximate surface area is 146 Å². The van der Waals surface area contributed by atoms with Crippen LogP contribution in [0.1, 0.15) is 23.3 Å². The van der Waals surface area contributed by atoms with E-state index in [1.54, 1.807) is 6.07 Å². The maximum absolute atomic E-state index is 13.5. The molecule has 0 bridgehead atoms. The Kier molecular flexibility index (Phi) is 4.58. The molecule has 1 aliphatic heterocycles. The second-order valence-electron chi connectivity index (χ2n) is 6.10. The van der Waals surface area contributed by atoms with E-state index in [1.807, 2.05) is 0 Å². The minimum atomic E-state index is -2.89. The van der Waals surface area contributed by atoms with E-state index >= 15 is 0 Å². The highest BCUT2D eigenvalue weighted by atomic mass is 19.3. The molecular weight excluding hydrogens is 348 g/mol. The smallest absolute Gasteiger partial charge is 0.322 e. The van der Waals surface area contributed by atoms with Crippen molar-refractivity contribution in [3.8, 4) is 0 Å². The molecule has 1 aromatic heterocycles. The predicted molar refractivity (Wildman–Crippen MR) is 89.1 cm³/mol. The summed E-state index contributed by atoms with van der Waals surface area (Å²) in [6, 6.07) is 3.93. The first-order chi connectivity index (χ1) is 12.3. The average molecular weight is 365 g/mol. The van der Waals surface area contributed by atoms with Crippen LogP contribution >= 0.6 is 0 Å². The lowest BCUT2D eigenvalue weighted by Gasteiger charge is -2.32. The van der Waals surface area contributed by atoms with Gasteiger partial charge in [-0.2, -0.15) is 5.10 Å². The van der Waals surface area contributed by atoms with Gasteiger partial charge in [-0.3, -0.25) is 9.48 Å². The van der Waals surface area contributed by atoms with E-state index < -0.39 is 24.4 Å². The molecule has 0 atom stereocenters. The number of hydrogen-bond acceptors (Lipinski definition) is 4. The molecule has 0 spiro atoms. The Balaban J connectivity index is 1.86. The van der Waals surface area contributed by atoms with Crippen LogP contribution in [0.2, 0.25) is 0 Å². The first kappa shape index (κ1) is 17.8. The van der Waals surface area contributed by atoms with Gasteiger partial charge in [0.25, 0.3) is 11.8 Å². The van der Waals surface area contributed by atoms with Gasteiger partial charge < -0.3 is 20.7 Å². The number of fused-ring (bicyclic) bond motifs is 1. The number of nitrogens with zero attached hydrogens (tertiary/aromatic N) is 3. The van der Waals surface area contributed by atoms with Gasteiger partial charge in [-0.25, -0.2) is 13.6 Å².